The number of nitrogens with zero attached hydrogens (tertiary/aromatic N) is 3. The average Bonchev–Trinajstić information content (AvgIpc) is 3.49. The topological polar surface area (TPSA) is 9.72 Å². The molecule has 1 aliphatic carbocycles. The molecule has 58 heavy (non-hydrogen) atoms. The van der Waals surface area contributed by atoms with Crippen molar-refractivity contribution in [3.05, 3.63) is 188 Å². The number of benzene rings is 8. The second kappa shape index (κ2) is 12.5. The summed E-state index contributed by atoms with van der Waals surface area (Å²) in [5.74, 6) is 0. The summed E-state index contributed by atoms with van der Waals surface area (Å²) in [6.45, 7) is 5.23. The molecule has 4 aliphatic rings. The molecule has 0 N–H and O–H groups in total. The normalized spacial score (nSPS) is 19.7. The van der Waals surface area contributed by atoms with Crippen molar-refractivity contribution in [1.29, 1.82) is 0 Å². The number of hydrogen-bond acceptors (Lipinski definition) is 3. The Hall–Kier alpha value is -6.52. The van der Waals surface area contributed by atoms with E-state index in [0.717, 1.165) is 17.1 Å². The van der Waals surface area contributed by atoms with Crippen LogP contribution in [0.2, 0.25) is 0 Å². The quantitative estimate of drug-likeness (QED) is 0.162. The van der Waals surface area contributed by atoms with Gasteiger partial charge in [-0.2, -0.15) is 0 Å². The minimum Gasteiger partial charge on any atom is -0.335 e. The molecule has 8 aromatic rings. The first-order valence-electron chi connectivity index (χ1n) is 21.0. The van der Waals surface area contributed by atoms with Crippen LogP contribution in [0.4, 0.5) is 45.5 Å². The number of hydrogen-bond donors (Lipinski definition) is 0. The zero-order valence-corrected chi connectivity index (χ0v) is 33.1. The van der Waals surface area contributed by atoms with Gasteiger partial charge in [0.25, 0.3) is 6.71 Å². The molecule has 0 saturated heterocycles. The zero-order valence-electron chi connectivity index (χ0n) is 33.1. The monoisotopic (exact) mass is 745 g/mol. The third kappa shape index (κ3) is 4.63. The van der Waals surface area contributed by atoms with E-state index in [1.165, 1.54) is 98.0 Å². The van der Waals surface area contributed by atoms with E-state index in [4.69, 9.17) is 0 Å². The lowest BCUT2D eigenvalue weighted by molar-refractivity contribution is 0.195. The minimum absolute atomic E-state index is 0.0169. The average molecular weight is 746 g/mol. The Labute approximate surface area is 341 Å². The Morgan fingerprint density at radius 1 is 0.500 bits per heavy atom. The number of fused-ring (bicyclic) bond motifs is 8. The lowest BCUT2D eigenvalue weighted by Crippen LogP contribution is -2.64. The Bertz CT molecular complexity index is 2920. The van der Waals surface area contributed by atoms with Crippen LogP contribution >= 0.6 is 0 Å². The van der Waals surface area contributed by atoms with Gasteiger partial charge in [-0.1, -0.05) is 135 Å². The van der Waals surface area contributed by atoms with Crippen molar-refractivity contribution in [1.82, 2.24) is 0 Å². The molecule has 278 valence electrons. The largest absolute Gasteiger partial charge is 0.335 e. The van der Waals surface area contributed by atoms with Crippen molar-refractivity contribution in [3.63, 3.8) is 0 Å². The van der Waals surface area contributed by atoms with Gasteiger partial charge in [-0.05, 0) is 130 Å². The molecular formula is C54H44BN3. The van der Waals surface area contributed by atoms with E-state index in [9.17, 15) is 0 Å². The van der Waals surface area contributed by atoms with E-state index in [2.05, 4.69) is 211 Å². The molecule has 3 nitrogen and oxygen atoms in total. The summed E-state index contributed by atoms with van der Waals surface area (Å²) in [6, 6.07) is 67.8. The molecule has 0 bridgehead atoms. The lowest BCUT2D eigenvalue weighted by atomic mass is 9.33. The second-order valence-corrected chi connectivity index (χ2v) is 17.2. The van der Waals surface area contributed by atoms with Gasteiger partial charge in [-0.25, -0.2) is 0 Å². The molecule has 0 aromatic heterocycles. The summed E-state index contributed by atoms with van der Waals surface area (Å²) in [5, 5.41) is 2.51. The Morgan fingerprint density at radius 3 is 2.05 bits per heavy atom. The molecule has 12 rings (SSSR count). The molecule has 2 atom stereocenters. The summed E-state index contributed by atoms with van der Waals surface area (Å²) in [5.41, 5.74) is 18.2. The van der Waals surface area contributed by atoms with E-state index in [-0.39, 0.29) is 17.7 Å². The van der Waals surface area contributed by atoms with Gasteiger partial charge in [0.05, 0.1) is 5.54 Å². The molecular weight excluding hydrogens is 701 g/mol. The first-order valence-corrected chi connectivity index (χ1v) is 21.0. The molecule has 0 radical (unpaired) electrons. The van der Waals surface area contributed by atoms with Crippen molar-refractivity contribution in [2.75, 3.05) is 14.7 Å². The molecule has 2 unspecified atom stereocenters. The van der Waals surface area contributed by atoms with Crippen LogP contribution in [0.3, 0.4) is 0 Å². The molecule has 3 heterocycles. The summed E-state index contributed by atoms with van der Waals surface area (Å²) in [4.78, 5) is 7.76. The van der Waals surface area contributed by atoms with Crippen LogP contribution in [-0.2, 0) is 5.41 Å². The fourth-order valence-electron chi connectivity index (χ4n) is 11.4. The molecule has 8 aromatic carbocycles. The maximum atomic E-state index is 2.80. The van der Waals surface area contributed by atoms with Crippen LogP contribution in [0.25, 0.3) is 21.9 Å². The van der Waals surface area contributed by atoms with Gasteiger partial charge < -0.3 is 14.7 Å². The highest BCUT2D eigenvalue weighted by molar-refractivity contribution is 7.00. The lowest BCUT2D eigenvalue weighted by Gasteiger charge is -2.52. The third-order valence-electron chi connectivity index (χ3n) is 14.3. The zero-order chi connectivity index (χ0) is 38.6. The minimum atomic E-state index is 0.0169. The standard InChI is InChI=1S/C54H44BN3/c1-53-32-11-12-33-54(53,2)58-49-27-15-26-48-51(49)55(47-25-14-24-45(53)52(47)58)46-31-30-44(36-50(46)57(48)42-21-7-4-8-22-42)56(41-19-5-3-6-20-41)43-23-13-18-39(35-43)40-29-28-37-16-9-10-17-38(37)34-40/h3-10,13-31,34-36H,11-12,32-33H2,1-2H3. The van der Waals surface area contributed by atoms with Gasteiger partial charge in [0.1, 0.15) is 0 Å². The fraction of sp³-hybridized carbons (Fsp3) is 0.148. The first kappa shape index (κ1) is 33.6. The van der Waals surface area contributed by atoms with Crippen LogP contribution in [0.15, 0.2) is 182 Å². The predicted molar refractivity (Wildman–Crippen MR) is 246 cm³/mol. The van der Waals surface area contributed by atoms with E-state index >= 15 is 0 Å². The van der Waals surface area contributed by atoms with Crippen molar-refractivity contribution >= 4 is 79.4 Å². The van der Waals surface area contributed by atoms with Crippen molar-refractivity contribution < 1.29 is 0 Å². The van der Waals surface area contributed by atoms with Gasteiger partial charge in [0.2, 0.25) is 0 Å². The third-order valence-corrected chi connectivity index (χ3v) is 14.3. The Kier molecular flexibility index (Phi) is 7.24. The number of anilines is 8. The molecule has 4 heteroatoms. The van der Waals surface area contributed by atoms with Gasteiger partial charge in [-0.3, -0.25) is 0 Å². The SMILES string of the molecule is CC12CCCCC1(C)N1c3cccc4c3B(c3ccc(N(c5ccccc5)c5cccc(-c6ccc7ccccc7c6)c5)cc3N4c3ccccc3)c3cccc2c31. The van der Waals surface area contributed by atoms with Gasteiger partial charge in [0, 0.05) is 50.9 Å². The number of para-hydroxylation sites is 3. The second-order valence-electron chi connectivity index (χ2n) is 17.2. The van der Waals surface area contributed by atoms with Crippen molar-refractivity contribution in [2.45, 2.75) is 50.5 Å². The highest BCUT2D eigenvalue weighted by Crippen LogP contribution is 2.61. The summed E-state index contributed by atoms with van der Waals surface area (Å²) in [7, 11) is 0. The Balaban J connectivity index is 1.07. The van der Waals surface area contributed by atoms with Crippen LogP contribution in [0, 0.1) is 0 Å². The molecule has 1 saturated carbocycles. The van der Waals surface area contributed by atoms with Gasteiger partial charge in [0.15, 0.2) is 0 Å². The highest BCUT2D eigenvalue weighted by Gasteiger charge is 2.61. The summed E-state index contributed by atoms with van der Waals surface area (Å²) >= 11 is 0. The maximum Gasteiger partial charge on any atom is 0.252 e. The predicted octanol–water partition coefficient (Wildman–Crippen LogP) is 12.3. The fourth-order valence-corrected chi connectivity index (χ4v) is 11.4. The van der Waals surface area contributed by atoms with Crippen molar-refractivity contribution in [2.24, 2.45) is 0 Å². The molecule has 1 fully saturated rings. The molecule has 0 spiro atoms. The van der Waals surface area contributed by atoms with Crippen LogP contribution in [0.1, 0.15) is 45.1 Å². The van der Waals surface area contributed by atoms with E-state index < -0.39 is 0 Å². The maximum absolute atomic E-state index is 2.80. The van der Waals surface area contributed by atoms with Gasteiger partial charge in [-0.15, -0.1) is 0 Å². The van der Waals surface area contributed by atoms with Crippen LogP contribution in [0.5, 0.6) is 0 Å². The summed E-state index contributed by atoms with van der Waals surface area (Å²) < 4.78 is 0. The highest BCUT2D eigenvalue weighted by atomic mass is 15.3. The van der Waals surface area contributed by atoms with E-state index in [1.54, 1.807) is 0 Å². The van der Waals surface area contributed by atoms with Crippen LogP contribution in [-0.4, -0.2) is 12.3 Å². The number of rotatable bonds is 5. The Morgan fingerprint density at radius 2 is 1.19 bits per heavy atom. The van der Waals surface area contributed by atoms with Crippen molar-refractivity contribution in [3.8, 4) is 11.1 Å². The molecule has 0 amide bonds. The first-order chi connectivity index (χ1) is 28.5. The smallest absolute Gasteiger partial charge is 0.252 e. The van der Waals surface area contributed by atoms with E-state index in [1.807, 2.05) is 0 Å². The summed E-state index contributed by atoms with van der Waals surface area (Å²) in [6.07, 6.45) is 4.99. The van der Waals surface area contributed by atoms with Gasteiger partial charge >= 0.3 is 0 Å². The van der Waals surface area contributed by atoms with Crippen LogP contribution < -0.4 is 31.1 Å². The molecule has 3 aliphatic heterocycles. The van der Waals surface area contributed by atoms with E-state index in [0.29, 0.717) is 0 Å².